The van der Waals surface area contributed by atoms with Crippen LogP contribution in [-0.2, 0) is 0 Å². The molecule has 1 atom stereocenters. The Morgan fingerprint density at radius 3 is 1.92 bits per heavy atom. The highest BCUT2D eigenvalue weighted by Crippen LogP contribution is 2.39. The Morgan fingerprint density at radius 2 is 1.24 bits per heavy atom. The Kier molecular flexibility index (Phi) is 3.06. The van der Waals surface area contributed by atoms with Gasteiger partial charge in [0, 0.05) is 6.04 Å². The van der Waals surface area contributed by atoms with Crippen LogP contribution in [-0.4, -0.2) is 0 Å². The lowest BCUT2D eigenvalue weighted by Crippen LogP contribution is -2.04. The van der Waals surface area contributed by atoms with Gasteiger partial charge in [0.05, 0.1) is 0 Å². The second kappa shape index (κ2) is 5.30. The number of benzene rings is 5. The lowest BCUT2D eigenvalue weighted by molar-refractivity contribution is 0.818. The second-order valence-corrected chi connectivity index (χ2v) is 6.88. The van der Waals surface area contributed by atoms with Crippen molar-refractivity contribution >= 4 is 32.3 Å². The van der Waals surface area contributed by atoms with E-state index in [9.17, 15) is 0 Å². The molecule has 0 radical (unpaired) electrons. The highest BCUT2D eigenvalue weighted by Gasteiger charge is 2.11. The Hall–Kier alpha value is -2.90. The zero-order valence-electron chi connectivity index (χ0n) is 14.2. The van der Waals surface area contributed by atoms with Gasteiger partial charge >= 0.3 is 0 Å². The van der Waals surface area contributed by atoms with Gasteiger partial charge in [-0.15, -0.1) is 0 Å². The van der Waals surface area contributed by atoms with Crippen LogP contribution in [0.25, 0.3) is 43.4 Å². The van der Waals surface area contributed by atoms with Crippen LogP contribution in [0.2, 0.25) is 0 Å². The summed E-state index contributed by atoms with van der Waals surface area (Å²) in [5.74, 6) is 0. The van der Waals surface area contributed by atoms with E-state index in [0.717, 1.165) is 0 Å². The molecule has 0 aromatic heterocycles. The highest BCUT2D eigenvalue weighted by atomic mass is 14.6. The Labute approximate surface area is 147 Å². The molecule has 0 spiro atoms. The molecule has 5 aromatic carbocycles. The molecule has 1 unspecified atom stereocenters. The number of hydrogen-bond donors (Lipinski definition) is 1. The first-order valence-electron chi connectivity index (χ1n) is 8.75. The monoisotopic (exact) mass is 321 g/mol. The molecular weight excluding hydrogens is 302 g/mol. The SMILES string of the molecule is CC(N)c1ccc(-c2ccc3ccc4cccc5ccc2c3c45)cc1. The van der Waals surface area contributed by atoms with Crippen molar-refractivity contribution in [2.75, 3.05) is 0 Å². The van der Waals surface area contributed by atoms with Gasteiger partial charge in [0.25, 0.3) is 0 Å². The molecule has 0 aliphatic rings. The van der Waals surface area contributed by atoms with Crippen molar-refractivity contribution in [3.05, 3.63) is 84.4 Å². The Balaban J connectivity index is 1.84. The van der Waals surface area contributed by atoms with Crippen LogP contribution in [0, 0.1) is 0 Å². The minimum atomic E-state index is 0.0652. The van der Waals surface area contributed by atoms with E-state index in [2.05, 4.69) is 78.9 Å². The van der Waals surface area contributed by atoms with E-state index in [1.54, 1.807) is 0 Å². The van der Waals surface area contributed by atoms with Gasteiger partial charge < -0.3 is 5.73 Å². The van der Waals surface area contributed by atoms with Crippen molar-refractivity contribution in [2.24, 2.45) is 5.73 Å². The molecule has 1 heteroatoms. The molecule has 2 N–H and O–H groups in total. The van der Waals surface area contributed by atoms with Gasteiger partial charge in [-0.25, -0.2) is 0 Å². The van der Waals surface area contributed by atoms with Crippen LogP contribution in [0.15, 0.2) is 78.9 Å². The summed E-state index contributed by atoms with van der Waals surface area (Å²) in [5, 5.41) is 7.96. The quantitative estimate of drug-likeness (QED) is 0.381. The highest BCUT2D eigenvalue weighted by molar-refractivity contribution is 6.25. The minimum absolute atomic E-state index is 0.0652. The van der Waals surface area contributed by atoms with Gasteiger partial charge in [-0.3, -0.25) is 0 Å². The predicted molar refractivity (Wildman–Crippen MR) is 108 cm³/mol. The van der Waals surface area contributed by atoms with Crippen molar-refractivity contribution < 1.29 is 0 Å². The first-order chi connectivity index (χ1) is 12.2. The van der Waals surface area contributed by atoms with Crippen LogP contribution in [0.1, 0.15) is 18.5 Å². The van der Waals surface area contributed by atoms with Crippen molar-refractivity contribution in [1.29, 1.82) is 0 Å². The molecule has 0 fully saturated rings. The standard InChI is InChI=1S/C24H19N/c1-15(25)16-5-7-17(8-6-16)21-13-11-20-10-9-18-3-2-4-19-12-14-22(21)24(20)23(18)19/h2-15H,25H2,1H3. The number of hydrogen-bond acceptors (Lipinski definition) is 1. The van der Waals surface area contributed by atoms with Gasteiger partial charge in [0.2, 0.25) is 0 Å². The molecule has 0 bridgehead atoms. The zero-order chi connectivity index (χ0) is 17.0. The van der Waals surface area contributed by atoms with Gasteiger partial charge in [0.1, 0.15) is 0 Å². The average Bonchev–Trinajstić information content (AvgIpc) is 2.66. The maximum Gasteiger partial charge on any atom is 0.0266 e. The fourth-order valence-electron chi connectivity index (χ4n) is 3.95. The van der Waals surface area contributed by atoms with Crippen LogP contribution >= 0.6 is 0 Å². The lowest BCUT2D eigenvalue weighted by Gasteiger charge is -2.14. The zero-order valence-corrected chi connectivity index (χ0v) is 14.2. The second-order valence-electron chi connectivity index (χ2n) is 6.88. The molecular formula is C24H19N. The summed E-state index contributed by atoms with van der Waals surface area (Å²) in [6.45, 7) is 2.02. The first kappa shape index (κ1) is 14.4. The molecule has 0 saturated carbocycles. The van der Waals surface area contributed by atoms with E-state index < -0.39 is 0 Å². The van der Waals surface area contributed by atoms with Crippen molar-refractivity contribution in [3.8, 4) is 11.1 Å². The number of rotatable bonds is 2. The van der Waals surface area contributed by atoms with E-state index in [1.165, 1.54) is 49.0 Å². The summed E-state index contributed by atoms with van der Waals surface area (Å²) in [6, 6.07) is 28.7. The lowest BCUT2D eigenvalue weighted by atomic mass is 9.89. The molecule has 0 amide bonds. The van der Waals surface area contributed by atoms with E-state index in [4.69, 9.17) is 5.73 Å². The van der Waals surface area contributed by atoms with E-state index >= 15 is 0 Å². The van der Waals surface area contributed by atoms with Crippen LogP contribution in [0.4, 0.5) is 0 Å². The van der Waals surface area contributed by atoms with Crippen molar-refractivity contribution in [3.63, 3.8) is 0 Å². The Morgan fingerprint density at radius 1 is 0.640 bits per heavy atom. The molecule has 120 valence electrons. The van der Waals surface area contributed by atoms with Gasteiger partial charge in [0.15, 0.2) is 0 Å². The number of nitrogens with two attached hydrogens (primary N) is 1. The molecule has 0 aliphatic carbocycles. The normalized spacial score (nSPS) is 13.0. The molecule has 5 rings (SSSR count). The van der Waals surface area contributed by atoms with Gasteiger partial charge in [-0.1, -0.05) is 78.9 Å². The predicted octanol–water partition coefficient (Wildman–Crippen LogP) is 6.27. The summed E-state index contributed by atoms with van der Waals surface area (Å²) in [4.78, 5) is 0. The van der Waals surface area contributed by atoms with Gasteiger partial charge in [-0.05, 0) is 55.9 Å². The summed E-state index contributed by atoms with van der Waals surface area (Å²) >= 11 is 0. The first-order valence-corrected chi connectivity index (χ1v) is 8.75. The van der Waals surface area contributed by atoms with E-state index in [0.29, 0.717) is 0 Å². The third kappa shape index (κ3) is 2.13. The molecule has 25 heavy (non-hydrogen) atoms. The third-order valence-electron chi connectivity index (χ3n) is 5.28. The van der Waals surface area contributed by atoms with Gasteiger partial charge in [-0.2, -0.15) is 0 Å². The fourth-order valence-corrected chi connectivity index (χ4v) is 3.95. The molecule has 1 nitrogen and oxygen atoms in total. The Bertz CT molecular complexity index is 1180. The third-order valence-corrected chi connectivity index (χ3v) is 5.28. The van der Waals surface area contributed by atoms with Crippen LogP contribution < -0.4 is 5.73 Å². The molecule has 0 saturated heterocycles. The molecule has 5 aromatic rings. The van der Waals surface area contributed by atoms with Crippen LogP contribution in [0.3, 0.4) is 0 Å². The fraction of sp³-hybridized carbons (Fsp3) is 0.0833. The topological polar surface area (TPSA) is 26.0 Å². The molecule has 0 aliphatic heterocycles. The van der Waals surface area contributed by atoms with E-state index in [1.807, 2.05) is 6.92 Å². The maximum atomic E-state index is 5.99. The average molecular weight is 321 g/mol. The van der Waals surface area contributed by atoms with Crippen molar-refractivity contribution in [1.82, 2.24) is 0 Å². The molecule has 0 heterocycles. The summed E-state index contributed by atoms with van der Waals surface area (Å²) in [5.41, 5.74) is 9.68. The summed E-state index contributed by atoms with van der Waals surface area (Å²) in [6.07, 6.45) is 0. The summed E-state index contributed by atoms with van der Waals surface area (Å²) < 4.78 is 0. The van der Waals surface area contributed by atoms with Crippen LogP contribution in [0.5, 0.6) is 0 Å². The minimum Gasteiger partial charge on any atom is -0.324 e. The van der Waals surface area contributed by atoms with E-state index in [-0.39, 0.29) is 6.04 Å². The smallest absolute Gasteiger partial charge is 0.0266 e. The largest absolute Gasteiger partial charge is 0.324 e. The maximum absolute atomic E-state index is 5.99. The van der Waals surface area contributed by atoms with Crippen molar-refractivity contribution in [2.45, 2.75) is 13.0 Å². The summed E-state index contributed by atoms with van der Waals surface area (Å²) in [7, 11) is 0.